The van der Waals surface area contributed by atoms with E-state index in [0.29, 0.717) is 0 Å². The highest BCUT2D eigenvalue weighted by Gasteiger charge is 2.18. The standard InChI is InChI=1S/C5H11NP2/c1-7(2)5(6)8(3)4/h6H,1,3H2,2,4H3/q+2. The summed E-state index contributed by atoms with van der Waals surface area (Å²) in [5.74, 6) is 0. The first-order chi connectivity index (χ1) is 3.55. The van der Waals surface area contributed by atoms with Crippen LogP contribution in [-0.2, 0) is 0 Å². The first kappa shape index (κ1) is 8.01. The zero-order valence-electron chi connectivity index (χ0n) is 5.31. The summed E-state index contributed by atoms with van der Waals surface area (Å²) in [6.45, 7) is 3.98. The van der Waals surface area contributed by atoms with E-state index in [0.717, 1.165) is 5.19 Å². The van der Waals surface area contributed by atoms with Gasteiger partial charge in [0, 0.05) is 0 Å². The second-order valence-corrected chi connectivity index (χ2v) is 5.76. The molecule has 0 saturated carbocycles. The summed E-state index contributed by atoms with van der Waals surface area (Å²) in [7, 11) is -0.803. The maximum atomic E-state index is 7.33. The van der Waals surface area contributed by atoms with Crippen molar-refractivity contribution in [3.05, 3.63) is 0 Å². The van der Waals surface area contributed by atoms with E-state index in [-0.39, 0.29) is 0 Å². The van der Waals surface area contributed by atoms with Gasteiger partial charge in [0.05, 0.1) is 12.6 Å². The molecule has 44 valence electrons. The van der Waals surface area contributed by atoms with Gasteiger partial charge in [-0.2, -0.15) is 0 Å². The van der Waals surface area contributed by atoms with E-state index >= 15 is 0 Å². The highest BCUT2D eigenvalue weighted by molar-refractivity contribution is 7.98. The molecule has 0 aromatic rings. The topological polar surface area (TPSA) is 23.9 Å². The second-order valence-electron chi connectivity index (χ2n) is 1.72. The van der Waals surface area contributed by atoms with Gasteiger partial charge in [-0.15, -0.1) is 0 Å². The van der Waals surface area contributed by atoms with Gasteiger partial charge in [-0.25, -0.2) is 5.41 Å². The van der Waals surface area contributed by atoms with Crippen molar-refractivity contribution < 1.29 is 0 Å². The lowest BCUT2D eigenvalue weighted by molar-refractivity contribution is 1.59. The Morgan fingerprint density at radius 2 is 1.50 bits per heavy atom. The maximum Gasteiger partial charge on any atom is 0.396 e. The van der Waals surface area contributed by atoms with Crippen LogP contribution in [0.15, 0.2) is 0 Å². The summed E-state index contributed by atoms with van der Waals surface area (Å²) < 4.78 is 0. The van der Waals surface area contributed by atoms with Crippen LogP contribution in [0.25, 0.3) is 0 Å². The molecule has 0 bridgehead atoms. The molecule has 0 aromatic heterocycles. The molecule has 1 N–H and O–H groups in total. The lowest BCUT2D eigenvalue weighted by atomic mass is 11.7. The maximum absolute atomic E-state index is 7.33. The summed E-state index contributed by atoms with van der Waals surface area (Å²) in [5.41, 5.74) is 0. The quantitative estimate of drug-likeness (QED) is 0.456. The van der Waals surface area contributed by atoms with Crippen molar-refractivity contribution in [1.82, 2.24) is 0 Å². The van der Waals surface area contributed by atoms with Gasteiger partial charge in [-0.1, -0.05) is 0 Å². The van der Waals surface area contributed by atoms with Gasteiger partial charge in [0.2, 0.25) is 0 Å². The average Bonchev–Trinajstić information content (AvgIpc) is 1.64. The Hall–Kier alpha value is 0.01000. The van der Waals surface area contributed by atoms with Gasteiger partial charge in [-0.3, -0.25) is 0 Å². The summed E-state index contributed by atoms with van der Waals surface area (Å²) in [6.07, 6.45) is 7.55. The van der Waals surface area contributed by atoms with Crippen molar-refractivity contribution in [3.8, 4) is 0 Å². The minimum Gasteiger partial charge on any atom is -0.222 e. The molecule has 0 aromatic carbocycles. The van der Waals surface area contributed by atoms with E-state index in [2.05, 4.69) is 12.6 Å². The van der Waals surface area contributed by atoms with Gasteiger partial charge >= 0.3 is 5.19 Å². The Morgan fingerprint density at radius 3 is 1.50 bits per heavy atom. The molecular formula is C5H11NP2+2. The van der Waals surface area contributed by atoms with Crippen molar-refractivity contribution in [2.75, 3.05) is 13.3 Å². The Bertz CT molecular complexity index is 133. The van der Waals surface area contributed by atoms with Crippen LogP contribution in [0.2, 0.25) is 0 Å². The van der Waals surface area contributed by atoms with Crippen LogP contribution in [0.4, 0.5) is 0 Å². The highest BCUT2D eigenvalue weighted by atomic mass is 31.2. The lowest BCUT2D eigenvalue weighted by Crippen LogP contribution is -1.76. The van der Waals surface area contributed by atoms with Crippen molar-refractivity contribution in [2.45, 2.75) is 0 Å². The van der Waals surface area contributed by atoms with E-state index < -0.39 is 15.1 Å². The molecule has 0 heterocycles. The fourth-order valence-corrected chi connectivity index (χ4v) is 2.62. The van der Waals surface area contributed by atoms with Crippen LogP contribution < -0.4 is 0 Å². The summed E-state index contributed by atoms with van der Waals surface area (Å²) in [4.78, 5) is 0. The third-order valence-electron chi connectivity index (χ3n) is 0.723. The molecule has 0 rings (SSSR count). The molecule has 3 heteroatoms. The van der Waals surface area contributed by atoms with Gasteiger partial charge in [-0.05, 0) is 0 Å². The molecule has 0 spiro atoms. The normalized spacial score (nSPS) is 12.8. The molecule has 1 nitrogen and oxygen atoms in total. The second kappa shape index (κ2) is 3.12. The summed E-state index contributed by atoms with van der Waals surface area (Å²) in [6, 6.07) is 0. The van der Waals surface area contributed by atoms with Crippen LogP contribution in [0.5, 0.6) is 0 Å². The molecular weight excluding hydrogens is 136 g/mol. The first-order valence-corrected chi connectivity index (χ1v) is 6.17. The predicted octanol–water partition coefficient (Wildman–Crippen LogP) is 2.01. The third-order valence-corrected chi connectivity index (χ3v) is 4.22. The van der Waals surface area contributed by atoms with Crippen molar-refractivity contribution in [1.29, 1.82) is 5.41 Å². The minimum absolute atomic E-state index is 0.401. The Morgan fingerprint density at radius 1 is 1.25 bits per heavy atom. The fourth-order valence-electron chi connectivity index (χ4n) is 0.291. The SMILES string of the molecule is C=[P+](C)C(=N)[P+](=C)C. The predicted molar refractivity (Wildman–Crippen MR) is 47.7 cm³/mol. The van der Waals surface area contributed by atoms with Gasteiger partial charge < -0.3 is 0 Å². The average molecular weight is 147 g/mol. The molecule has 0 aliphatic carbocycles. The molecule has 0 aliphatic heterocycles. The molecule has 0 saturated heterocycles. The fraction of sp³-hybridized carbons (Fsp3) is 0.400. The lowest BCUT2D eigenvalue weighted by Gasteiger charge is -1.74. The monoisotopic (exact) mass is 147 g/mol. The summed E-state index contributed by atoms with van der Waals surface area (Å²) >= 11 is 0. The molecule has 8 heavy (non-hydrogen) atoms. The summed E-state index contributed by atoms with van der Waals surface area (Å²) in [5, 5.41) is 8.09. The zero-order chi connectivity index (χ0) is 6.73. The van der Waals surface area contributed by atoms with Crippen LogP contribution in [-0.4, -0.2) is 31.1 Å². The molecule has 2 unspecified atom stereocenters. The third kappa shape index (κ3) is 2.35. The van der Waals surface area contributed by atoms with E-state index in [1.54, 1.807) is 0 Å². The van der Waals surface area contributed by atoms with Crippen LogP contribution in [0, 0.1) is 5.41 Å². The van der Waals surface area contributed by atoms with Crippen LogP contribution in [0.1, 0.15) is 0 Å². The Labute approximate surface area is 52.4 Å². The largest absolute Gasteiger partial charge is 0.396 e. The van der Waals surface area contributed by atoms with E-state index in [9.17, 15) is 0 Å². The Kier molecular flexibility index (Phi) is 3.12. The first-order valence-electron chi connectivity index (χ1n) is 2.22. The number of hydrogen-bond acceptors (Lipinski definition) is 1. The van der Waals surface area contributed by atoms with Crippen molar-refractivity contribution in [3.63, 3.8) is 0 Å². The van der Waals surface area contributed by atoms with E-state index in [1.165, 1.54) is 0 Å². The van der Waals surface area contributed by atoms with Crippen molar-refractivity contribution in [2.24, 2.45) is 0 Å². The molecule has 0 aliphatic rings. The van der Waals surface area contributed by atoms with Crippen LogP contribution in [0.3, 0.4) is 0 Å². The molecule has 0 fully saturated rings. The van der Waals surface area contributed by atoms with Gasteiger partial charge in [0.1, 0.15) is 13.3 Å². The molecule has 0 amide bonds. The van der Waals surface area contributed by atoms with E-state index in [1.807, 2.05) is 13.3 Å². The van der Waals surface area contributed by atoms with Gasteiger partial charge in [0.25, 0.3) is 0 Å². The Balaban J connectivity index is 4.05. The minimum atomic E-state index is -0.401. The highest BCUT2D eigenvalue weighted by Crippen LogP contribution is 2.31. The van der Waals surface area contributed by atoms with Gasteiger partial charge in [0.15, 0.2) is 15.1 Å². The smallest absolute Gasteiger partial charge is 0.222 e. The van der Waals surface area contributed by atoms with Crippen molar-refractivity contribution >= 4 is 32.9 Å². The number of nitrogens with one attached hydrogen (secondary N) is 1. The van der Waals surface area contributed by atoms with E-state index in [4.69, 9.17) is 5.41 Å². The zero-order valence-corrected chi connectivity index (χ0v) is 7.10. The molecule has 0 radical (unpaired) electrons. The molecule has 2 atom stereocenters. The number of rotatable bonds is 2. The number of hydrogen-bond donors (Lipinski definition) is 1. The van der Waals surface area contributed by atoms with Crippen LogP contribution >= 0.6 is 15.1 Å².